The van der Waals surface area contributed by atoms with Crippen LogP contribution in [0.25, 0.3) is 11.2 Å². The van der Waals surface area contributed by atoms with Crippen LogP contribution in [0.3, 0.4) is 0 Å². The predicted octanol–water partition coefficient (Wildman–Crippen LogP) is 3.09. The van der Waals surface area contributed by atoms with Gasteiger partial charge in [-0.3, -0.25) is 0 Å². The van der Waals surface area contributed by atoms with Gasteiger partial charge in [0.15, 0.2) is 5.65 Å². The molecule has 4 nitrogen and oxygen atoms in total. The molecule has 2 aromatic rings. The minimum atomic E-state index is 0.379. The molecule has 0 aromatic carbocycles. The average Bonchev–Trinajstić information content (AvgIpc) is 2.66. The van der Waals surface area contributed by atoms with Gasteiger partial charge >= 0.3 is 0 Å². The van der Waals surface area contributed by atoms with E-state index in [1.807, 2.05) is 10.9 Å². The summed E-state index contributed by atoms with van der Waals surface area (Å²) in [5.41, 5.74) is 3.95. The SMILES string of the molecule is CCn1nc(C(C)C)c2ncc(C(C)C)nc21. The molecule has 0 saturated carbocycles. The van der Waals surface area contributed by atoms with Crippen molar-refractivity contribution in [3.63, 3.8) is 0 Å². The van der Waals surface area contributed by atoms with E-state index in [-0.39, 0.29) is 0 Å². The fourth-order valence-electron chi connectivity index (χ4n) is 1.87. The van der Waals surface area contributed by atoms with Crippen molar-refractivity contribution in [2.45, 2.75) is 53.0 Å². The summed E-state index contributed by atoms with van der Waals surface area (Å²) in [6.45, 7) is 11.5. The molecule has 0 N–H and O–H groups in total. The van der Waals surface area contributed by atoms with Gasteiger partial charge in [-0.25, -0.2) is 14.6 Å². The molecule has 17 heavy (non-hydrogen) atoms. The summed E-state index contributed by atoms with van der Waals surface area (Å²) in [5.74, 6) is 0.777. The maximum atomic E-state index is 4.69. The third-order valence-electron chi connectivity index (χ3n) is 2.93. The molecular formula is C13H20N4. The molecule has 4 heteroatoms. The van der Waals surface area contributed by atoms with Crippen molar-refractivity contribution in [1.29, 1.82) is 0 Å². The summed E-state index contributed by atoms with van der Waals surface area (Å²) in [5, 5.41) is 4.60. The highest BCUT2D eigenvalue weighted by atomic mass is 15.3. The fourth-order valence-corrected chi connectivity index (χ4v) is 1.87. The Kier molecular flexibility index (Phi) is 3.13. The van der Waals surface area contributed by atoms with Gasteiger partial charge in [-0.05, 0) is 18.8 Å². The van der Waals surface area contributed by atoms with Gasteiger partial charge in [0.2, 0.25) is 0 Å². The van der Waals surface area contributed by atoms with Gasteiger partial charge in [-0.1, -0.05) is 27.7 Å². The van der Waals surface area contributed by atoms with Gasteiger partial charge in [0, 0.05) is 12.7 Å². The van der Waals surface area contributed by atoms with Gasteiger partial charge in [-0.15, -0.1) is 0 Å². The van der Waals surface area contributed by atoms with Crippen molar-refractivity contribution in [1.82, 2.24) is 19.7 Å². The lowest BCUT2D eigenvalue weighted by Gasteiger charge is -2.04. The first-order chi connectivity index (χ1) is 8.04. The highest BCUT2D eigenvalue weighted by Crippen LogP contribution is 2.23. The van der Waals surface area contributed by atoms with Gasteiger partial charge < -0.3 is 0 Å². The lowest BCUT2D eigenvalue weighted by molar-refractivity contribution is 0.647. The van der Waals surface area contributed by atoms with Crippen molar-refractivity contribution in [2.75, 3.05) is 0 Å². The minimum absolute atomic E-state index is 0.379. The first-order valence-corrected chi connectivity index (χ1v) is 6.27. The summed E-state index contributed by atoms with van der Waals surface area (Å²) in [6, 6.07) is 0. The first kappa shape index (κ1) is 12.0. The Labute approximate surface area is 102 Å². The van der Waals surface area contributed by atoms with Crippen LogP contribution in [-0.4, -0.2) is 19.7 Å². The van der Waals surface area contributed by atoms with Crippen molar-refractivity contribution in [3.05, 3.63) is 17.6 Å². The second kappa shape index (κ2) is 4.43. The molecule has 0 amide bonds. The van der Waals surface area contributed by atoms with E-state index in [2.05, 4.69) is 49.7 Å². The van der Waals surface area contributed by atoms with Crippen molar-refractivity contribution < 1.29 is 0 Å². The Hall–Kier alpha value is -1.45. The minimum Gasteiger partial charge on any atom is -0.249 e. The van der Waals surface area contributed by atoms with Crippen molar-refractivity contribution in [3.8, 4) is 0 Å². The maximum absolute atomic E-state index is 4.69. The van der Waals surface area contributed by atoms with E-state index in [0.29, 0.717) is 11.8 Å². The zero-order valence-corrected chi connectivity index (χ0v) is 11.2. The molecule has 0 fully saturated rings. The summed E-state index contributed by atoms with van der Waals surface area (Å²) in [4.78, 5) is 9.23. The standard InChI is InChI=1S/C13H20N4/c1-6-17-13-12(11(16-17)9(4)5)14-7-10(15-13)8(2)3/h7-9H,6H2,1-5H3. The number of nitrogens with zero attached hydrogens (tertiary/aromatic N) is 4. The van der Waals surface area contributed by atoms with Gasteiger partial charge in [0.25, 0.3) is 0 Å². The Morgan fingerprint density at radius 1 is 1.18 bits per heavy atom. The molecule has 0 spiro atoms. The van der Waals surface area contributed by atoms with Crippen LogP contribution in [0.5, 0.6) is 0 Å². The van der Waals surface area contributed by atoms with Gasteiger partial charge in [-0.2, -0.15) is 5.10 Å². The molecule has 2 aromatic heterocycles. The molecule has 0 bridgehead atoms. The summed E-state index contributed by atoms with van der Waals surface area (Å²) >= 11 is 0. The largest absolute Gasteiger partial charge is 0.249 e. The van der Waals surface area contributed by atoms with Crippen LogP contribution in [0.15, 0.2) is 6.20 Å². The van der Waals surface area contributed by atoms with Crippen LogP contribution in [0.1, 0.15) is 57.8 Å². The summed E-state index contributed by atoms with van der Waals surface area (Å²) in [7, 11) is 0. The molecule has 0 aliphatic carbocycles. The number of hydrogen-bond acceptors (Lipinski definition) is 3. The molecule has 2 rings (SSSR count). The molecule has 0 aliphatic rings. The Morgan fingerprint density at radius 3 is 2.41 bits per heavy atom. The molecule has 0 radical (unpaired) electrons. The van der Waals surface area contributed by atoms with Gasteiger partial charge in [0.05, 0.1) is 11.4 Å². The lowest BCUT2D eigenvalue weighted by atomic mass is 10.1. The number of fused-ring (bicyclic) bond motifs is 1. The predicted molar refractivity (Wildman–Crippen MR) is 69.2 cm³/mol. The third kappa shape index (κ3) is 2.04. The fraction of sp³-hybridized carbons (Fsp3) is 0.615. The van der Waals surface area contributed by atoms with E-state index in [1.54, 1.807) is 0 Å². The van der Waals surface area contributed by atoms with Crippen molar-refractivity contribution >= 4 is 11.2 Å². The van der Waals surface area contributed by atoms with E-state index >= 15 is 0 Å². The lowest BCUT2D eigenvalue weighted by Crippen LogP contribution is -2.01. The number of aromatic nitrogens is 4. The topological polar surface area (TPSA) is 43.6 Å². The first-order valence-electron chi connectivity index (χ1n) is 6.27. The molecule has 0 saturated heterocycles. The van der Waals surface area contributed by atoms with Crippen LogP contribution in [0.2, 0.25) is 0 Å². The normalized spacial score (nSPS) is 11.9. The second-order valence-corrected chi connectivity index (χ2v) is 4.98. The number of hydrogen-bond donors (Lipinski definition) is 0. The number of rotatable bonds is 3. The molecule has 0 aliphatic heterocycles. The molecule has 0 atom stereocenters. The van der Waals surface area contributed by atoms with E-state index in [1.165, 1.54) is 0 Å². The van der Waals surface area contributed by atoms with E-state index in [9.17, 15) is 0 Å². The van der Waals surface area contributed by atoms with Crippen LogP contribution >= 0.6 is 0 Å². The number of aryl methyl sites for hydroxylation is 1. The zero-order chi connectivity index (χ0) is 12.6. The van der Waals surface area contributed by atoms with Crippen LogP contribution < -0.4 is 0 Å². The molecule has 0 unspecified atom stereocenters. The quantitative estimate of drug-likeness (QED) is 0.816. The highest BCUT2D eigenvalue weighted by molar-refractivity contribution is 5.74. The maximum Gasteiger partial charge on any atom is 0.177 e. The summed E-state index contributed by atoms with van der Waals surface area (Å²) in [6.07, 6.45) is 1.88. The average molecular weight is 232 g/mol. The monoisotopic (exact) mass is 232 g/mol. The van der Waals surface area contributed by atoms with E-state index in [4.69, 9.17) is 0 Å². The zero-order valence-electron chi connectivity index (χ0n) is 11.2. The Morgan fingerprint density at radius 2 is 1.88 bits per heavy atom. The van der Waals surface area contributed by atoms with Crippen LogP contribution in [-0.2, 0) is 6.54 Å². The molecular weight excluding hydrogens is 212 g/mol. The third-order valence-corrected chi connectivity index (χ3v) is 2.93. The second-order valence-electron chi connectivity index (χ2n) is 4.98. The summed E-state index contributed by atoms with van der Waals surface area (Å²) < 4.78 is 1.95. The van der Waals surface area contributed by atoms with Gasteiger partial charge in [0.1, 0.15) is 5.52 Å². The highest BCUT2D eigenvalue weighted by Gasteiger charge is 2.16. The smallest absolute Gasteiger partial charge is 0.177 e. The molecule has 92 valence electrons. The Bertz CT molecular complexity index is 525. The van der Waals surface area contributed by atoms with Crippen LogP contribution in [0.4, 0.5) is 0 Å². The molecule has 2 heterocycles. The van der Waals surface area contributed by atoms with E-state index in [0.717, 1.165) is 29.1 Å². The van der Waals surface area contributed by atoms with Crippen molar-refractivity contribution in [2.24, 2.45) is 0 Å². The van der Waals surface area contributed by atoms with E-state index < -0.39 is 0 Å². The van der Waals surface area contributed by atoms with Crippen LogP contribution in [0, 0.1) is 0 Å². The Balaban J connectivity index is 2.68.